The molecule has 5 heteroatoms. The molecular formula is C22H31NO3Si. The van der Waals surface area contributed by atoms with E-state index in [9.17, 15) is 4.79 Å². The van der Waals surface area contributed by atoms with E-state index >= 15 is 0 Å². The van der Waals surface area contributed by atoms with E-state index in [2.05, 4.69) is 39.2 Å². The summed E-state index contributed by atoms with van der Waals surface area (Å²) in [6, 6.07) is 17.6. The quantitative estimate of drug-likeness (QED) is 0.615. The van der Waals surface area contributed by atoms with E-state index in [4.69, 9.17) is 9.16 Å². The van der Waals surface area contributed by atoms with Crippen molar-refractivity contribution in [1.82, 2.24) is 5.32 Å². The van der Waals surface area contributed by atoms with Gasteiger partial charge in [0, 0.05) is 6.54 Å². The third-order valence-electron chi connectivity index (χ3n) is 5.09. The summed E-state index contributed by atoms with van der Waals surface area (Å²) < 4.78 is 11.8. The van der Waals surface area contributed by atoms with Crippen LogP contribution in [-0.4, -0.2) is 14.4 Å². The Balaban J connectivity index is 1.89. The predicted molar refractivity (Wildman–Crippen MR) is 112 cm³/mol. The molecule has 2 aromatic carbocycles. The molecule has 146 valence electrons. The Labute approximate surface area is 164 Å². The first-order valence-electron chi connectivity index (χ1n) is 9.36. The fourth-order valence-corrected chi connectivity index (χ4v) is 3.33. The highest BCUT2D eigenvalue weighted by Gasteiger charge is 2.38. The number of rotatable bonds is 6. The Kier molecular flexibility index (Phi) is 6.71. The minimum Gasteiger partial charge on any atom is -0.544 e. The summed E-state index contributed by atoms with van der Waals surface area (Å²) in [5.74, 6) is 0.867. The first kappa shape index (κ1) is 21.0. The molecule has 0 bridgehead atoms. The van der Waals surface area contributed by atoms with Gasteiger partial charge in [0.15, 0.2) is 0 Å². The molecule has 27 heavy (non-hydrogen) atoms. The van der Waals surface area contributed by atoms with Crippen molar-refractivity contribution in [2.45, 2.75) is 58.5 Å². The topological polar surface area (TPSA) is 47.6 Å². The van der Waals surface area contributed by atoms with Crippen molar-refractivity contribution in [3.63, 3.8) is 0 Å². The number of benzene rings is 2. The highest BCUT2D eigenvalue weighted by molar-refractivity contribution is 6.74. The van der Waals surface area contributed by atoms with Crippen LogP contribution in [-0.2, 0) is 11.3 Å². The molecule has 1 atom stereocenters. The maximum Gasteiger partial charge on any atom is 0.408 e. The number of hydrogen-bond donors (Lipinski definition) is 1. The Morgan fingerprint density at radius 1 is 1.04 bits per heavy atom. The van der Waals surface area contributed by atoms with Crippen LogP contribution in [0.4, 0.5) is 4.79 Å². The summed E-state index contributed by atoms with van der Waals surface area (Å²) in [6.07, 6.45) is -0.754. The second kappa shape index (κ2) is 8.61. The van der Waals surface area contributed by atoms with Gasteiger partial charge in [0.2, 0.25) is 8.32 Å². The van der Waals surface area contributed by atoms with Gasteiger partial charge in [-0.25, -0.2) is 4.79 Å². The average molecular weight is 386 g/mol. The lowest BCUT2D eigenvalue weighted by atomic mass is 10.1. The van der Waals surface area contributed by atoms with Crippen LogP contribution in [0.3, 0.4) is 0 Å². The van der Waals surface area contributed by atoms with Gasteiger partial charge in [0.25, 0.3) is 0 Å². The average Bonchev–Trinajstić information content (AvgIpc) is 2.60. The molecule has 0 saturated heterocycles. The number of nitrogens with one attached hydrogen (secondary N) is 1. The lowest BCUT2D eigenvalue weighted by molar-refractivity contribution is 0.106. The molecule has 0 aliphatic rings. The fourth-order valence-electron chi connectivity index (χ4n) is 2.29. The van der Waals surface area contributed by atoms with Crippen molar-refractivity contribution >= 4 is 14.4 Å². The molecule has 0 fully saturated rings. The van der Waals surface area contributed by atoms with Gasteiger partial charge in [-0.2, -0.15) is 0 Å². The van der Waals surface area contributed by atoms with E-state index in [1.807, 2.05) is 61.5 Å². The minimum atomic E-state index is -1.85. The zero-order chi connectivity index (χ0) is 20.1. The number of amides is 1. The maximum atomic E-state index is 12.0. The number of ether oxygens (including phenoxy) is 1. The van der Waals surface area contributed by atoms with E-state index in [1.165, 1.54) is 0 Å². The molecule has 0 saturated carbocycles. The lowest BCUT2D eigenvalue weighted by Gasteiger charge is -2.36. The lowest BCUT2D eigenvalue weighted by Crippen LogP contribution is -2.43. The van der Waals surface area contributed by atoms with Gasteiger partial charge in [-0.05, 0) is 48.3 Å². The largest absolute Gasteiger partial charge is 0.544 e. The van der Waals surface area contributed by atoms with E-state index in [-0.39, 0.29) is 11.1 Å². The smallest absolute Gasteiger partial charge is 0.408 e. The summed E-state index contributed by atoms with van der Waals surface area (Å²) in [6.45, 7) is 13.4. The normalized spacial score (nSPS) is 13.0. The van der Waals surface area contributed by atoms with Gasteiger partial charge < -0.3 is 14.5 Å². The molecule has 1 amide bonds. The highest BCUT2D eigenvalue weighted by Crippen LogP contribution is 2.37. The third-order valence-corrected chi connectivity index (χ3v) is 9.45. The summed E-state index contributed by atoms with van der Waals surface area (Å²) in [7, 11) is -1.85. The number of carbonyl (C=O) groups excluding carboxylic acids is 1. The standard InChI is InChI=1S/C22H31NO3Si/c1-17(25-21(24)23-16-18-10-8-7-9-11-18)19-12-14-20(15-13-19)26-27(5,6)22(2,3)4/h7-15,17H,16H2,1-6H3,(H,23,24)/t17-/m0/s1. The van der Waals surface area contributed by atoms with E-state index < -0.39 is 14.4 Å². The molecule has 2 aromatic rings. The number of alkyl carbamates (subject to hydrolysis) is 1. The van der Waals surface area contributed by atoms with Crippen LogP contribution in [0, 0.1) is 0 Å². The van der Waals surface area contributed by atoms with Gasteiger partial charge in [0.05, 0.1) is 0 Å². The molecule has 1 N–H and O–H groups in total. The fraction of sp³-hybridized carbons (Fsp3) is 0.409. The number of hydrogen-bond acceptors (Lipinski definition) is 3. The zero-order valence-corrected chi connectivity index (χ0v) is 18.2. The molecule has 2 rings (SSSR count). The van der Waals surface area contributed by atoms with Crippen LogP contribution in [0.15, 0.2) is 54.6 Å². The van der Waals surface area contributed by atoms with Crippen molar-refractivity contribution in [2.75, 3.05) is 0 Å². The van der Waals surface area contributed by atoms with Crippen LogP contribution in [0.2, 0.25) is 18.1 Å². The van der Waals surface area contributed by atoms with Crippen molar-refractivity contribution in [3.05, 3.63) is 65.7 Å². The van der Waals surface area contributed by atoms with Crippen LogP contribution < -0.4 is 9.74 Å². The summed E-state index contributed by atoms with van der Waals surface area (Å²) >= 11 is 0. The van der Waals surface area contributed by atoms with E-state index in [0.717, 1.165) is 16.9 Å². The molecule has 0 aliphatic heterocycles. The third kappa shape index (κ3) is 6.14. The SMILES string of the molecule is C[C@H](OC(=O)NCc1ccccc1)c1ccc(O[Si](C)(C)C(C)(C)C)cc1. The van der Waals surface area contributed by atoms with Crippen molar-refractivity contribution in [1.29, 1.82) is 0 Å². The second-order valence-electron chi connectivity index (χ2n) is 8.32. The van der Waals surface area contributed by atoms with Crippen LogP contribution in [0.5, 0.6) is 5.75 Å². The van der Waals surface area contributed by atoms with Gasteiger partial charge in [-0.15, -0.1) is 0 Å². The van der Waals surface area contributed by atoms with Crippen LogP contribution >= 0.6 is 0 Å². The summed E-state index contributed by atoms with van der Waals surface area (Å²) in [4.78, 5) is 12.0. The minimum absolute atomic E-state index is 0.152. The molecular weight excluding hydrogens is 354 g/mol. The van der Waals surface area contributed by atoms with Gasteiger partial charge in [-0.1, -0.05) is 63.2 Å². The Morgan fingerprint density at radius 3 is 2.19 bits per heavy atom. The molecule has 0 aromatic heterocycles. The van der Waals surface area contributed by atoms with E-state index in [1.54, 1.807) is 0 Å². The summed E-state index contributed by atoms with van der Waals surface area (Å²) in [5, 5.41) is 2.93. The molecule has 0 heterocycles. The second-order valence-corrected chi connectivity index (χ2v) is 13.0. The molecule has 0 spiro atoms. The Hall–Kier alpha value is -2.27. The monoisotopic (exact) mass is 385 g/mol. The highest BCUT2D eigenvalue weighted by atomic mass is 28.4. The molecule has 0 aliphatic carbocycles. The van der Waals surface area contributed by atoms with Crippen molar-refractivity contribution < 1.29 is 14.0 Å². The maximum absolute atomic E-state index is 12.0. The van der Waals surface area contributed by atoms with E-state index in [0.29, 0.717) is 6.54 Å². The summed E-state index contributed by atoms with van der Waals surface area (Å²) in [5.41, 5.74) is 1.97. The van der Waals surface area contributed by atoms with Gasteiger partial charge in [0.1, 0.15) is 11.9 Å². The molecule has 0 unspecified atom stereocenters. The number of carbonyl (C=O) groups is 1. The van der Waals surface area contributed by atoms with Crippen LogP contribution in [0.1, 0.15) is 44.9 Å². The molecule has 0 radical (unpaired) electrons. The first-order valence-corrected chi connectivity index (χ1v) is 12.3. The van der Waals surface area contributed by atoms with Crippen molar-refractivity contribution in [2.24, 2.45) is 0 Å². The van der Waals surface area contributed by atoms with Crippen LogP contribution in [0.25, 0.3) is 0 Å². The molecule has 4 nitrogen and oxygen atoms in total. The zero-order valence-electron chi connectivity index (χ0n) is 17.2. The van der Waals surface area contributed by atoms with Gasteiger partial charge in [-0.3, -0.25) is 0 Å². The Bertz CT molecular complexity index is 736. The first-order chi connectivity index (χ1) is 12.6. The Morgan fingerprint density at radius 2 is 1.63 bits per heavy atom. The van der Waals surface area contributed by atoms with Gasteiger partial charge >= 0.3 is 6.09 Å². The predicted octanol–water partition coefficient (Wildman–Crippen LogP) is 6.06. The van der Waals surface area contributed by atoms with Crippen molar-refractivity contribution in [3.8, 4) is 5.75 Å².